The Hall–Kier alpha value is -1.26. The fraction of sp³-hybridized carbons (Fsp3) is 0.833. The first-order valence-electron chi connectivity index (χ1n) is 6.10. The van der Waals surface area contributed by atoms with Gasteiger partial charge in [0, 0.05) is 12.5 Å². The Kier molecular flexibility index (Phi) is 4.78. The van der Waals surface area contributed by atoms with Gasteiger partial charge in [-0.25, -0.2) is 4.79 Å². The first-order chi connectivity index (χ1) is 7.92. The number of carbonyl (C=O) groups excluding carboxylic acids is 1. The second kappa shape index (κ2) is 5.89. The van der Waals surface area contributed by atoms with E-state index in [0.29, 0.717) is 6.54 Å². The number of alkyl carbamates (subject to hydrolysis) is 1. The van der Waals surface area contributed by atoms with E-state index >= 15 is 0 Å². The quantitative estimate of drug-likeness (QED) is 0.577. The molecule has 0 bridgehead atoms. The molecule has 0 aromatic rings. The lowest BCUT2D eigenvalue weighted by molar-refractivity contribution is 0.0522. The van der Waals surface area contributed by atoms with E-state index in [1.807, 2.05) is 20.8 Å². The molecular weight excluding hydrogens is 220 g/mol. The average Bonchev–Trinajstić information content (AvgIpc) is 2.24. The molecule has 1 amide bonds. The van der Waals surface area contributed by atoms with Gasteiger partial charge in [-0.3, -0.25) is 0 Å². The van der Waals surface area contributed by atoms with Crippen molar-refractivity contribution in [1.82, 2.24) is 5.32 Å². The molecule has 0 aromatic carbocycles. The summed E-state index contributed by atoms with van der Waals surface area (Å²) in [5.41, 5.74) is 0.303. The van der Waals surface area contributed by atoms with Crippen molar-refractivity contribution in [3.63, 3.8) is 0 Å². The lowest BCUT2D eigenvalue weighted by Crippen LogP contribution is -2.38. The summed E-state index contributed by atoms with van der Waals surface area (Å²) < 4.78 is 5.15. The minimum atomic E-state index is -0.482. The first kappa shape index (κ1) is 13.8. The van der Waals surface area contributed by atoms with Gasteiger partial charge in [-0.05, 0) is 40.0 Å². The van der Waals surface area contributed by atoms with E-state index in [2.05, 4.69) is 10.5 Å². The maximum absolute atomic E-state index is 11.5. The lowest BCUT2D eigenvalue weighted by atomic mass is 9.87. The number of rotatable bonds is 2. The maximum atomic E-state index is 11.5. The fourth-order valence-corrected chi connectivity index (χ4v) is 1.94. The summed E-state index contributed by atoms with van der Waals surface area (Å²) in [6.45, 7) is 5.96. The van der Waals surface area contributed by atoms with Gasteiger partial charge >= 0.3 is 6.09 Å². The Morgan fingerprint density at radius 1 is 1.53 bits per heavy atom. The number of ether oxygens (including phenoxy) is 1. The maximum Gasteiger partial charge on any atom is 0.407 e. The highest BCUT2D eigenvalue weighted by molar-refractivity contribution is 5.87. The van der Waals surface area contributed by atoms with Crippen LogP contribution in [0.3, 0.4) is 0 Å². The van der Waals surface area contributed by atoms with Crippen LogP contribution in [-0.4, -0.2) is 29.2 Å². The van der Waals surface area contributed by atoms with Crippen LogP contribution in [0, 0.1) is 5.92 Å². The molecule has 1 fully saturated rings. The molecule has 1 atom stereocenters. The smallest absolute Gasteiger partial charge is 0.407 e. The molecule has 5 heteroatoms. The van der Waals surface area contributed by atoms with Crippen molar-refractivity contribution in [3.8, 4) is 0 Å². The topological polar surface area (TPSA) is 70.9 Å². The largest absolute Gasteiger partial charge is 0.444 e. The Morgan fingerprint density at radius 2 is 2.24 bits per heavy atom. The van der Waals surface area contributed by atoms with Crippen LogP contribution in [-0.2, 0) is 4.74 Å². The Balaban J connectivity index is 2.36. The van der Waals surface area contributed by atoms with Crippen LogP contribution in [0.2, 0.25) is 0 Å². The lowest BCUT2D eigenvalue weighted by Gasteiger charge is -2.24. The SMILES string of the molecule is CC(C)(C)OC(=O)NCC1CCCC/C1=N/O. The molecule has 0 spiro atoms. The molecule has 5 nitrogen and oxygen atoms in total. The Bertz CT molecular complexity index is 295. The molecule has 98 valence electrons. The van der Waals surface area contributed by atoms with Gasteiger partial charge in [0.15, 0.2) is 0 Å². The van der Waals surface area contributed by atoms with Gasteiger partial charge in [-0.2, -0.15) is 0 Å². The molecule has 17 heavy (non-hydrogen) atoms. The molecule has 2 N–H and O–H groups in total. The normalized spacial score (nSPS) is 23.5. The zero-order valence-electron chi connectivity index (χ0n) is 10.8. The third kappa shape index (κ3) is 5.06. The van der Waals surface area contributed by atoms with Crippen molar-refractivity contribution >= 4 is 11.8 Å². The van der Waals surface area contributed by atoms with Crippen LogP contribution in [0.1, 0.15) is 46.5 Å². The van der Waals surface area contributed by atoms with Crippen molar-refractivity contribution in [2.45, 2.75) is 52.1 Å². The highest BCUT2D eigenvalue weighted by Crippen LogP contribution is 2.21. The van der Waals surface area contributed by atoms with Gasteiger partial charge in [0.25, 0.3) is 0 Å². The minimum Gasteiger partial charge on any atom is -0.444 e. The third-order valence-corrected chi connectivity index (χ3v) is 2.73. The van der Waals surface area contributed by atoms with Crippen LogP contribution in [0.4, 0.5) is 4.79 Å². The van der Waals surface area contributed by atoms with E-state index < -0.39 is 11.7 Å². The number of carbonyl (C=O) groups is 1. The second-order valence-corrected chi connectivity index (χ2v) is 5.42. The number of amides is 1. The molecule has 0 aliphatic heterocycles. The first-order valence-corrected chi connectivity index (χ1v) is 6.10. The predicted molar refractivity (Wildman–Crippen MR) is 65.4 cm³/mol. The summed E-state index contributed by atoms with van der Waals surface area (Å²) in [4.78, 5) is 11.5. The standard InChI is InChI=1S/C12H22N2O3/c1-12(2,3)17-11(15)13-8-9-6-4-5-7-10(9)14-16/h9,16H,4-8H2,1-3H3,(H,13,15)/b14-10-. The van der Waals surface area contributed by atoms with Gasteiger partial charge in [-0.15, -0.1) is 0 Å². The number of hydrogen-bond acceptors (Lipinski definition) is 4. The van der Waals surface area contributed by atoms with E-state index in [9.17, 15) is 4.79 Å². The molecule has 1 unspecified atom stereocenters. The van der Waals surface area contributed by atoms with Gasteiger partial charge < -0.3 is 15.3 Å². The molecule has 0 heterocycles. The van der Waals surface area contributed by atoms with Crippen LogP contribution in [0.5, 0.6) is 0 Å². The molecular formula is C12H22N2O3. The van der Waals surface area contributed by atoms with E-state index in [4.69, 9.17) is 9.94 Å². The highest BCUT2D eigenvalue weighted by Gasteiger charge is 2.23. The molecule has 0 saturated heterocycles. The van der Waals surface area contributed by atoms with Crippen LogP contribution >= 0.6 is 0 Å². The van der Waals surface area contributed by atoms with E-state index in [-0.39, 0.29) is 5.92 Å². The van der Waals surface area contributed by atoms with Crippen LogP contribution in [0.25, 0.3) is 0 Å². The molecule has 0 radical (unpaired) electrons. The molecule has 0 aromatic heterocycles. The van der Waals surface area contributed by atoms with Crippen molar-refractivity contribution < 1.29 is 14.7 Å². The Labute approximate surface area is 102 Å². The van der Waals surface area contributed by atoms with E-state index in [1.54, 1.807) is 0 Å². The zero-order chi connectivity index (χ0) is 12.9. The minimum absolute atomic E-state index is 0.140. The summed E-state index contributed by atoms with van der Waals surface area (Å²) in [5.74, 6) is 0.140. The summed E-state index contributed by atoms with van der Waals surface area (Å²) in [7, 11) is 0. The zero-order valence-corrected chi connectivity index (χ0v) is 10.8. The van der Waals surface area contributed by atoms with Gasteiger partial charge in [-0.1, -0.05) is 11.6 Å². The van der Waals surface area contributed by atoms with Gasteiger partial charge in [0.2, 0.25) is 0 Å². The average molecular weight is 242 g/mol. The summed E-state index contributed by atoms with van der Waals surface area (Å²) >= 11 is 0. The summed E-state index contributed by atoms with van der Waals surface area (Å²) in [6, 6.07) is 0. The number of nitrogens with one attached hydrogen (secondary N) is 1. The molecule has 1 aliphatic rings. The van der Waals surface area contributed by atoms with Crippen LogP contribution in [0.15, 0.2) is 5.16 Å². The van der Waals surface area contributed by atoms with Crippen molar-refractivity contribution in [2.24, 2.45) is 11.1 Å². The number of nitrogens with zero attached hydrogens (tertiary/aromatic N) is 1. The van der Waals surface area contributed by atoms with Crippen molar-refractivity contribution in [2.75, 3.05) is 6.54 Å². The monoisotopic (exact) mass is 242 g/mol. The van der Waals surface area contributed by atoms with E-state index in [0.717, 1.165) is 31.4 Å². The highest BCUT2D eigenvalue weighted by atomic mass is 16.6. The second-order valence-electron chi connectivity index (χ2n) is 5.42. The number of oxime groups is 1. The van der Waals surface area contributed by atoms with Crippen molar-refractivity contribution in [1.29, 1.82) is 0 Å². The number of hydrogen-bond donors (Lipinski definition) is 2. The fourth-order valence-electron chi connectivity index (χ4n) is 1.94. The third-order valence-electron chi connectivity index (χ3n) is 2.73. The molecule has 1 saturated carbocycles. The van der Waals surface area contributed by atoms with Gasteiger partial charge in [0.05, 0.1) is 5.71 Å². The van der Waals surface area contributed by atoms with Crippen molar-refractivity contribution in [3.05, 3.63) is 0 Å². The predicted octanol–water partition coefficient (Wildman–Crippen LogP) is 2.53. The Morgan fingerprint density at radius 3 is 2.82 bits per heavy atom. The molecule has 1 rings (SSSR count). The van der Waals surface area contributed by atoms with Gasteiger partial charge in [0.1, 0.15) is 5.60 Å². The van der Waals surface area contributed by atoms with E-state index in [1.165, 1.54) is 0 Å². The summed E-state index contributed by atoms with van der Waals surface area (Å²) in [5, 5.41) is 14.9. The summed E-state index contributed by atoms with van der Waals surface area (Å²) in [6.07, 6.45) is 3.52. The van der Waals surface area contributed by atoms with Crippen LogP contribution < -0.4 is 5.32 Å². The molecule has 1 aliphatic carbocycles.